The number of benzene rings is 1. The van der Waals surface area contributed by atoms with Gasteiger partial charge in [-0.3, -0.25) is 0 Å². The van der Waals surface area contributed by atoms with E-state index in [0.29, 0.717) is 6.33 Å². The molecule has 2 heteroatoms. The zero-order valence-electron chi connectivity index (χ0n) is 15.2. The van der Waals surface area contributed by atoms with Crippen LogP contribution >= 0.6 is 0 Å². The van der Waals surface area contributed by atoms with E-state index in [9.17, 15) is 4.39 Å². The van der Waals surface area contributed by atoms with Gasteiger partial charge in [-0.25, -0.2) is 4.39 Å². The van der Waals surface area contributed by atoms with E-state index < -0.39 is 0 Å². The average molecular weight is 338 g/mol. The smallest absolute Gasteiger partial charge is 0.134 e. The third-order valence-corrected chi connectivity index (χ3v) is 5.14. The summed E-state index contributed by atoms with van der Waals surface area (Å²) >= 11 is 0. The van der Waals surface area contributed by atoms with Crippen molar-refractivity contribution in [3.05, 3.63) is 65.7 Å². The Hall–Kier alpha value is -2.09. The van der Waals surface area contributed by atoms with E-state index in [1.807, 2.05) is 26.0 Å². The van der Waals surface area contributed by atoms with Crippen LogP contribution in [0.25, 0.3) is 16.5 Å². The van der Waals surface area contributed by atoms with Crippen molar-refractivity contribution in [3.8, 4) is 0 Å². The highest BCUT2D eigenvalue weighted by atomic mass is 19.1. The van der Waals surface area contributed by atoms with Crippen molar-refractivity contribution in [3.63, 3.8) is 0 Å². The monoisotopic (exact) mass is 338 g/mol. The lowest BCUT2D eigenvalue weighted by atomic mass is 9.85. The van der Waals surface area contributed by atoms with Crippen molar-refractivity contribution in [1.29, 1.82) is 0 Å². The second-order valence-electron chi connectivity index (χ2n) is 7.24. The van der Waals surface area contributed by atoms with Crippen molar-refractivity contribution >= 4 is 16.5 Å². The Balaban J connectivity index is 1.77. The van der Waals surface area contributed by atoms with E-state index in [1.165, 1.54) is 55.6 Å². The predicted molar refractivity (Wildman–Crippen MR) is 104 cm³/mol. The Morgan fingerprint density at radius 3 is 2.68 bits per heavy atom. The second-order valence-corrected chi connectivity index (χ2v) is 7.24. The van der Waals surface area contributed by atoms with Crippen molar-refractivity contribution in [2.45, 2.75) is 52.4 Å². The first kappa shape index (κ1) is 17.7. The van der Waals surface area contributed by atoms with Crippen LogP contribution in [0.15, 0.2) is 58.8 Å². The van der Waals surface area contributed by atoms with Crippen LogP contribution in [0.3, 0.4) is 0 Å². The van der Waals surface area contributed by atoms with Gasteiger partial charge in [0.05, 0.1) is 6.33 Å². The standard InChI is InChI=1S/C23H27FO/c1-17(12-13-24)8-9-18(2)23-16-21-15-20(10-11-22(21)25-23)14-19-6-4-3-5-7-19/h8-13,15-16,19H,3-7,14H2,1-2H3/b13-12+,17-8-,18-9+. The van der Waals surface area contributed by atoms with Gasteiger partial charge in [0.2, 0.25) is 0 Å². The van der Waals surface area contributed by atoms with Crippen LogP contribution in [-0.4, -0.2) is 0 Å². The summed E-state index contributed by atoms with van der Waals surface area (Å²) in [6, 6.07) is 8.69. The maximum absolute atomic E-state index is 12.2. The predicted octanol–water partition coefficient (Wildman–Crippen LogP) is 7.39. The number of furan rings is 1. The normalized spacial score (nSPS) is 17.7. The highest BCUT2D eigenvalue weighted by Gasteiger charge is 2.14. The fraction of sp³-hybridized carbons (Fsp3) is 0.391. The topological polar surface area (TPSA) is 13.1 Å². The second kappa shape index (κ2) is 8.33. The van der Waals surface area contributed by atoms with E-state index in [-0.39, 0.29) is 0 Å². The molecule has 0 aliphatic heterocycles. The molecule has 25 heavy (non-hydrogen) atoms. The van der Waals surface area contributed by atoms with Gasteiger partial charge in [-0.15, -0.1) is 0 Å². The Morgan fingerprint density at radius 2 is 1.92 bits per heavy atom. The lowest BCUT2D eigenvalue weighted by molar-refractivity contribution is 0.357. The van der Waals surface area contributed by atoms with E-state index in [4.69, 9.17) is 4.42 Å². The summed E-state index contributed by atoms with van der Waals surface area (Å²) < 4.78 is 18.2. The molecule has 2 aromatic rings. The zero-order chi connectivity index (χ0) is 17.6. The highest BCUT2D eigenvalue weighted by Crippen LogP contribution is 2.30. The van der Waals surface area contributed by atoms with Gasteiger partial charge < -0.3 is 4.42 Å². The van der Waals surface area contributed by atoms with Gasteiger partial charge in [0.25, 0.3) is 0 Å². The Kier molecular flexibility index (Phi) is 5.91. The van der Waals surface area contributed by atoms with Gasteiger partial charge >= 0.3 is 0 Å². The molecule has 1 aliphatic carbocycles. The van der Waals surface area contributed by atoms with Crippen LogP contribution in [0, 0.1) is 5.92 Å². The first-order valence-electron chi connectivity index (χ1n) is 9.30. The van der Waals surface area contributed by atoms with Gasteiger partial charge in [0.15, 0.2) is 0 Å². The number of allylic oxidation sites excluding steroid dienone is 5. The molecule has 1 nitrogen and oxygen atoms in total. The molecule has 1 heterocycles. The quantitative estimate of drug-likeness (QED) is 0.518. The Labute approximate surface area is 149 Å². The lowest BCUT2D eigenvalue weighted by Crippen LogP contribution is -2.08. The fourth-order valence-electron chi connectivity index (χ4n) is 3.63. The molecule has 0 saturated heterocycles. The highest BCUT2D eigenvalue weighted by molar-refractivity contribution is 5.82. The van der Waals surface area contributed by atoms with Crippen LogP contribution in [0.5, 0.6) is 0 Å². The van der Waals surface area contributed by atoms with E-state index in [0.717, 1.165) is 28.4 Å². The lowest BCUT2D eigenvalue weighted by Gasteiger charge is -2.21. The molecule has 0 amide bonds. The third kappa shape index (κ3) is 4.72. The molecule has 0 atom stereocenters. The molecule has 1 aromatic heterocycles. The molecule has 1 aliphatic rings. The van der Waals surface area contributed by atoms with Crippen LogP contribution in [-0.2, 0) is 6.42 Å². The largest absolute Gasteiger partial charge is 0.456 e. The summed E-state index contributed by atoms with van der Waals surface area (Å²) in [4.78, 5) is 0. The molecular weight excluding hydrogens is 311 g/mol. The first-order chi connectivity index (χ1) is 12.2. The van der Waals surface area contributed by atoms with Crippen molar-refractivity contribution in [2.24, 2.45) is 5.92 Å². The summed E-state index contributed by atoms with van der Waals surface area (Å²) in [6.07, 6.45) is 14.0. The molecule has 132 valence electrons. The van der Waals surface area contributed by atoms with Gasteiger partial charge in [0.1, 0.15) is 11.3 Å². The number of hydrogen-bond donors (Lipinski definition) is 0. The molecule has 1 fully saturated rings. The van der Waals surface area contributed by atoms with Crippen LogP contribution < -0.4 is 0 Å². The molecule has 0 bridgehead atoms. The average Bonchev–Trinajstić information content (AvgIpc) is 3.04. The summed E-state index contributed by atoms with van der Waals surface area (Å²) in [6.45, 7) is 3.89. The fourth-order valence-corrected chi connectivity index (χ4v) is 3.63. The minimum Gasteiger partial charge on any atom is -0.456 e. The SMILES string of the molecule is CC(=C/C=C(\C)c1cc2cc(CC3CCCCC3)ccc2o1)/C=C/F. The van der Waals surface area contributed by atoms with Crippen molar-refractivity contribution < 1.29 is 8.81 Å². The van der Waals surface area contributed by atoms with Gasteiger partial charge in [-0.1, -0.05) is 50.3 Å². The van der Waals surface area contributed by atoms with Gasteiger partial charge in [-0.2, -0.15) is 0 Å². The number of halogens is 1. The third-order valence-electron chi connectivity index (χ3n) is 5.14. The summed E-state index contributed by atoms with van der Waals surface area (Å²) in [5, 5.41) is 1.17. The van der Waals surface area contributed by atoms with Crippen LogP contribution in [0.1, 0.15) is 57.3 Å². The summed E-state index contributed by atoms with van der Waals surface area (Å²) in [5.74, 6) is 1.72. The molecule has 3 rings (SSSR count). The Morgan fingerprint density at radius 1 is 1.12 bits per heavy atom. The van der Waals surface area contributed by atoms with Gasteiger partial charge in [-0.05, 0) is 67.2 Å². The number of rotatable bonds is 5. The van der Waals surface area contributed by atoms with E-state index in [1.54, 1.807) is 0 Å². The molecular formula is C23H27FO. The first-order valence-corrected chi connectivity index (χ1v) is 9.30. The van der Waals surface area contributed by atoms with Crippen LogP contribution in [0.4, 0.5) is 4.39 Å². The maximum Gasteiger partial charge on any atom is 0.134 e. The Bertz CT molecular complexity index is 801. The molecule has 0 N–H and O–H groups in total. The molecule has 0 radical (unpaired) electrons. The number of hydrogen-bond acceptors (Lipinski definition) is 1. The summed E-state index contributed by atoms with van der Waals surface area (Å²) in [7, 11) is 0. The number of fused-ring (bicyclic) bond motifs is 1. The summed E-state index contributed by atoms with van der Waals surface area (Å²) in [5.41, 5.74) is 4.25. The maximum atomic E-state index is 12.2. The van der Waals surface area contributed by atoms with E-state index in [2.05, 4.69) is 24.3 Å². The van der Waals surface area contributed by atoms with Crippen molar-refractivity contribution in [2.75, 3.05) is 0 Å². The molecule has 1 aromatic carbocycles. The minimum absolute atomic E-state index is 0.560. The van der Waals surface area contributed by atoms with E-state index >= 15 is 0 Å². The molecule has 1 saturated carbocycles. The molecule has 0 unspecified atom stereocenters. The van der Waals surface area contributed by atoms with Gasteiger partial charge in [0, 0.05) is 5.39 Å². The zero-order valence-corrected chi connectivity index (χ0v) is 15.2. The van der Waals surface area contributed by atoms with Crippen molar-refractivity contribution in [1.82, 2.24) is 0 Å². The van der Waals surface area contributed by atoms with Crippen LogP contribution in [0.2, 0.25) is 0 Å². The minimum atomic E-state index is 0.560. The molecule has 0 spiro atoms.